The molecule has 0 aromatic heterocycles. The summed E-state index contributed by atoms with van der Waals surface area (Å²) in [5.74, 6) is 8.40. The molecular weight excluding hydrogens is 248 g/mol. The third-order valence-electron chi connectivity index (χ3n) is 3.78. The number of rotatable bonds is 3. The fraction of sp³-hybridized carbons (Fsp3) is 0.556. The van der Waals surface area contributed by atoms with Crippen LogP contribution in [0.2, 0.25) is 0 Å². The van der Waals surface area contributed by atoms with Crippen LogP contribution in [0.4, 0.5) is 0 Å². The van der Waals surface area contributed by atoms with Gasteiger partial charge in [0.25, 0.3) is 0 Å². The highest BCUT2D eigenvalue weighted by molar-refractivity contribution is 5.46. The van der Waals surface area contributed by atoms with Gasteiger partial charge in [-0.15, -0.1) is 0 Å². The quantitative estimate of drug-likeness (QED) is 0.852. The van der Waals surface area contributed by atoms with Crippen LogP contribution >= 0.6 is 0 Å². The van der Waals surface area contributed by atoms with Crippen molar-refractivity contribution in [1.29, 1.82) is 0 Å². The molecule has 2 heteroatoms. The van der Waals surface area contributed by atoms with E-state index in [2.05, 4.69) is 25.7 Å². The lowest BCUT2D eigenvalue weighted by atomic mass is 9.82. The van der Waals surface area contributed by atoms with Gasteiger partial charge in [0.15, 0.2) is 0 Å². The van der Waals surface area contributed by atoms with Crippen LogP contribution in [0, 0.1) is 23.7 Å². The van der Waals surface area contributed by atoms with Crippen LogP contribution in [0.15, 0.2) is 24.3 Å². The Balaban J connectivity index is 2.07. The molecule has 108 valence electrons. The summed E-state index contributed by atoms with van der Waals surface area (Å²) in [5, 5.41) is 8.80. The number of aliphatic hydroxyl groups is 1. The maximum atomic E-state index is 8.80. The van der Waals surface area contributed by atoms with E-state index in [-0.39, 0.29) is 6.61 Å². The van der Waals surface area contributed by atoms with E-state index in [4.69, 9.17) is 9.84 Å². The predicted molar refractivity (Wildman–Crippen MR) is 81.6 cm³/mol. The first kappa shape index (κ1) is 14.9. The Bertz CT molecular complexity index is 474. The number of para-hydroxylation sites is 1. The minimum absolute atomic E-state index is 0.105. The van der Waals surface area contributed by atoms with Gasteiger partial charge >= 0.3 is 0 Å². The van der Waals surface area contributed by atoms with Gasteiger partial charge in [-0.25, -0.2) is 0 Å². The minimum atomic E-state index is 0.105. The summed E-state index contributed by atoms with van der Waals surface area (Å²) in [5.41, 5.74) is 0.923. The molecule has 2 unspecified atom stereocenters. The number of ether oxygens (including phenoxy) is 1. The summed E-state index contributed by atoms with van der Waals surface area (Å²) >= 11 is 0. The van der Waals surface area contributed by atoms with Gasteiger partial charge in [-0.2, -0.15) is 0 Å². The lowest BCUT2D eigenvalue weighted by molar-refractivity contribution is 0.101. The van der Waals surface area contributed by atoms with Gasteiger partial charge in [0, 0.05) is 6.42 Å². The minimum Gasteiger partial charge on any atom is -0.489 e. The summed E-state index contributed by atoms with van der Waals surface area (Å²) in [6.07, 6.45) is 4.37. The Labute approximate surface area is 122 Å². The van der Waals surface area contributed by atoms with Crippen molar-refractivity contribution in [3.8, 4) is 17.6 Å². The Kier molecular flexibility index (Phi) is 5.49. The van der Waals surface area contributed by atoms with Crippen LogP contribution in [0.3, 0.4) is 0 Å². The number of hydrogen-bond acceptors (Lipinski definition) is 2. The highest BCUT2D eigenvalue weighted by Gasteiger charge is 2.25. The predicted octanol–water partition coefficient (Wildman–Crippen LogP) is 3.62. The van der Waals surface area contributed by atoms with Crippen molar-refractivity contribution in [1.82, 2.24) is 0 Å². The molecule has 20 heavy (non-hydrogen) atoms. The topological polar surface area (TPSA) is 29.5 Å². The van der Waals surface area contributed by atoms with E-state index in [1.807, 2.05) is 24.3 Å². The van der Waals surface area contributed by atoms with Crippen molar-refractivity contribution in [3.05, 3.63) is 29.8 Å². The smallest absolute Gasteiger partial charge is 0.135 e. The Morgan fingerprint density at radius 1 is 1.15 bits per heavy atom. The van der Waals surface area contributed by atoms with Crippen LogP contribution in [0.1, 0.15) is 45.1 Å². The van der Waals surface area contributed by atoms with Gasteiger partial charge in [0.1, 0.15) is 5.75 Å². The molecule has 1 saturated carbocycles. The van der Waals surface area contributed by atoms with Crippen molar-refractivity contribution in [3.63, 3.8) is 0 Å². The van der Waals surface area contributed by atoms with E-state index >= 15 is 0 Å². The summed E-state index contributed by atoms with van der Waals surface area (Å²) < 4.78 is 6.19. The third-order valence-corrected chi connectivity index (χ3v) is 3.78. The van der Waals surface area contributed by atoms with Gasteiger partial charge < -0.3 is 9.84 Å². The second-order valence-corrected chi connectivity index (χ2v) is 5.93. The van der Waals surface area contributed by atoms with Crippen molar-refractivity contribution in [2.24, 2.45) is 11.8 Å². The highest BCUT2D eigenvalue weighted by atomic mass is 16.5. The third kappa shape index (κ3) is 4.28. The standard InChI is InChI=1S/C18H24O2/c1-14-11-15(2)13-17(12-14)20-18-9-4-3-7-16(18)8-5-6-10-19/h3-4,7,9,14-15,17,19H,6,10-13H2,1-2H3. The average molecular weight is 272 g/mol. The van der Waals surface area contributed by atoms with Crippen LogP contribution in [0.5, 0.6) is 5.75 Å². The first-order chi connectivity index (χ1) is 9.69. The second-order valence-electron chi connectivity index (χ2n) is 5.93. The molecular formula is C18H24O2. The number of aliphatic hydroxyl groups excluding tert-OH is 1. The maximum absolute atomic E-state index is 8.80. The zero-order valence-corrected chi connectivity index (χ0v) is 12.4. The maximum Gasteiger partial charge on any atom is 0.135 e. The van der Waals surface area contributed by atoms with Crippen molar-refractivity contribution < 1.29 is 9.84 Å². The molecule has 0 saturated heterocycles. The average Bonchev–Trinajstić information content (AvgIpc) is 2.40. The number of hydrogen-bond donors (Lipinski definition) is 1. The van der Waals surface area contributed by atoms with E-state index in [1.54, 1.807) is 0 Å². The molecule has 0 bridgehead atoms. The largest absolute Gasteiger partial charge is 0.489 e. The van der Waals surface area contributed by atoms with Gasteiger partial charge in [0.05, 0.1) is 18.3 Å². The molecule has 0 radical (unpaired) electrons. The summed E-state index contributed by atoms with van der Waals surface area (Å²) in [6, 6.07) is 7.94. The van der Waals surface area contributed by atoms with Crippen molar-refractivity contribution in [2.45, 2.75) is 45.6 Å². The Morgan fingerprint density at radius 3 is 2.55 bits per heavy atom. The molecule has 0 heterocycles. The monoisotopic (exact) mass is 272 g/mol. The molecule has 2 rings (SSSR count). The molecule has 0 amide bonds. The van der Waals surface area contributed by atoms with Gasteiger partial charge in [-0.1, -0.05) is 37.8 Å². The van der Waals surface area contributed by atoms with E-state index in [0.717, 1.165) is 36.0 Å². The molecule has 1 aliphatic carbocycles. The van der Waals surface area contributed by atoms with E-state index in [0.29, 0.717) is 12.5 Å². The van der Waals surface area contributed by atoms with Crippen molar-refractivity contribution in [2.75, 3.05) is 6.61 Å². The Morgan fingerprint density at radius 2 is 1.85 bits per heavy atom. The van der Waals surface area contributed by atoms with Gasteiger partial charge in [-0.3, -0.25) is 0 Å². The SMILES string of the molecule is CC1CC(C)CC(Oc2ccccc2C#CCCO)C1. The molecule has 1 aromatic carbocycles. The molecule has 1 aromatic rings. The second kappa shape index (κ2) is 7.36. The number of benzene rings is 1. The molecule has 2 nitrogen and oxygen atoms in total. The van der Waals surface area contributed by atoms with Gasteiger partial charge in [0.2, 0.25) is 0 Å². The first-order valence-electron chi connectivity index (χ1n) is 7.54. The molecule has 1 fully saturated rings. The first-order valence-corrected chi connectivity index (χ1v) is 7.54. The van der Waals surface area contributed by atoms with E-state index in [9.17, 15) is 0 Å². The summed E-state index contributed by atoms with van der Waals surface area (Å²) in [4.78, 5) is 0. The molecule has 2 atom stereocenters. The van der Waals surface area contributed by atoms with E-state index < -0.39 is 0 Å². The highest BCUT2D eigenvalue weighted by Crippen LogP contribution is 2.32. The van der Waals surface area contributed by atoms with E-state index in [1.165, 1.54) is 6.42 Å². The summed E-state index contributed by atoms with van der Waals surface area (Å²) in [6.45, 7) is 4.71. The van der Waals surface area contributed by atoms with Crippen molar-refractivity contribution >= 4 is 0 Å². The fourth-order valence-electron chi connectivity index (χ4n) is 3.04. The van der Waals surface area contributed by atoms with Crippen LogP contribution < -0.4 is 4.74 Å². The zero-order chi connectivity index (χ0) is 14.4. The lowest BCUT2D eigenvalue weighted by Gasteiger charge is -2.31. The summed E-state index contributed by atoms with van der Waals surface area (Å²) in [7, 11) is 0. The lowest BCUT2D eigenvalue weighted by Crippen LogP contribution is -2.28. The van der Waals surface area contributed by atoms with Gasteiger partial charge in [-0.05, 0) is 43.2 Å². The molecule has 0 spiro atoms. The van der Waals surface area contributed by atoms with Crippen LogP contribution in [-0.2, 0) is 0 Å². The fourth-order valence-corrected chi connectivity index (χ4v) is 3.04. The van der Waals surface area contributed by atoms with Crippen LogP contribution in [-0.4, -0.2) is 17.8 Å². The Hall–Kier alpha value is -1.46. The molecule has 1 aliphatic rings. The molecule has 1 N–H and O–H groups in total. The van der Waals surface area contributed by atoms with Crippen LogP contribution in [0.25, 0.3) is 0 Å². The normalized spacial score (nSPS) is 25.6. The zero-order valence-electron chi connectivity index (χ0n) is 12.4. The molecule has 0 aliphatic heterocycles.